The minimum atomic E-state index is -0.241. The van der Waals surface area contributed by atoms with Crippen LogP contribution < -0.4 is 4.74 Å². The molecule has 1 aliphatic rings. The van der Waals surface area contributed by atoms with Crippen LogP contribution in [0.15, 0.2) is 106 Å². The smallest absolute Gasteiger partial charge is 0.228 e. The average molecular weight is 586 g/mol. The molecule has 7 rings (SSSR count). The number of aryl methyl sites for hydroxylation is 1. The number of carbonyl (C=O) groups is 2. The Kier molecular flexibility index (Phi) is 7.56. The first-order chi connectivity index (χ1) is 21.6. The van der Waals surface area contributed by atoms with Gasteiger partial charge in [-0.25, -0.2) is 0 Å². The van der Waals surface area contributed by atoms with Gasteiger partial charge in [-0.05, 0) is 48.9 Å². The molecule has 0 saturated carbocycles. The zero-order valence-electron chi connectivity index (χ0n) is 24.4. The van der Waals surface area contributed by atoms with Crippen LogP contribution in [0.2, 0.25) is 0 Å². The first kappa shape index (κ1) is 27.8. The summed E-state index contributed by atoms with van der Waals surface area (Å²) in [7, 11) is 0. The highest BCUT2D eigenvalue weighted by Crippen LogP contribution is 2.43. The normalized spacial score (nSPS) is 13.8. The molecule has 0 radical (unpaired) electrons. The molecule has 1 aliphatic heterocycles. The van der Waals surface area contributed by atoms with Crippen molar-refractivity contribution >= 4 is 33.5 Å². The van der Waals surface area contributed by atoms with Gasteiger partial charge < -0.3 is 18.3 Å². The van der Waals surface area contributed by atoms with Gasteiger partial charge in [0.1, 0.15) is 23.5 Å². The number of carbonyl (C=O) groups excluding carboxylic acids is 2. The van der Waals surface area contributed by atoms with E-state index in [-0.39, 0.29) is 23.1 Å². The molecular formula is C37H31NO6. The van der Waals surface area contributed by atoms with Gasteiger partial charge in [0.05, 0.1) is 13.2 Å². The number of ketones is 2. The highest BCUT2D eigenvalue weighted by atomic mass is 16.5. The Balaban J connectivity index is 1.26. The Hall–Kier alpha value is -4.98. The Morgan fingerprint density at radius 2 is 1.30 bits per heavy atom. The molecule has 220 valence electrons. The number of rotatable bonds is 9. The quantitative estimate of drug-likeness (QED) is 0.164. The minimum Gasteiger partial charge on any atom is -0.492 e. The lowest BCUT2D eigenvalue weighted by atomic mass is 9.95. The zero-order chi connectivity index (χ0) is 30.0. The third-order valence-electron chi connectivity index (χ3n) is 8.15. The number of hydrogen-bond donors (Lipinski definition) is 0. The summed E-state index contributed by atoms with van der Waals surface area (Å²) in [5, 5.41) is 1.50. The molecular weight excluding hydrogens is 554 g/mol. The van der Waals surface area contributed by atoms with Crippen LogP contribution in [0.5, 0.6) is 5.75 Å². The van der Waals surface area contributed by atoms with E-state index >= 15 is 0 Å². The van der Waals surface area contributed by atoms with E-state index in [4.69, 9.17) is 18.3 Å². The fourth-order valence-electron chi connectivity index (χ4n) is 5.86. The van der Waals surface area contributed by atoms with Crippen LogP contribution >= 0.6 is 0 Å². The van der Waals surface area contributed by atoms with E-state index in [0.29, 0.717) is 45.8 Å². The second-order valence-electron chi connectivity index (χ2n) is 10.9. The molecule has 1 fully saturated rings. The lowest BCUT2D eigenvalue weighted by molar-refractivity contribution is 0.0322. The molecule has 0 N–H and O–H groups in total. The highest BCUT2D eigenvalue weighted by molar-refractivity contribution is 6.22. The number of furan rings is 2. The van der Waals surface area contributed by atoms with Gasteiger partial charge in [-0.2, -0.15) is 0 Å². The molecule has 3 heterocycles. The van der Waals surface area contributed by atoms with Gasteiger partial charge in [0.15, 0.2) is 11.5 Å². The van der Waals surface area contributed by atoms with Crippen LogP contribution in [0.3, 0.4) is 0 Å². The second-order valence-corrected chi connectivity index (χ2v) is 10.9. The van der Waals surface area contributed by atoms with Crippen molar-refractivity contribution in [2.24, 2.45) is 0 Å². The lowest BCUT2D eigenvalue weighted by Crippen LogP contribution is -2.38. The van der Waals surface area contributed by atoms with Crippen molar-refractivity contribution in [1.82, 2.24) is 4.90 Å². The summed E-state index contributed by atoms with van der Waals surface area (Å²) in [6.07, 6.45) is 0. The van der Waals surface area contributed by atoms with Gasteiger partial charge in [0.2, 0.25) is 11.6 Å². The molecule has 0 unspecified atom stereocenters. The van der Waals surface area contributed by atoms with Crippen molar-refractivity contribution in [2.45, 2.75) is 6.92 Å². The third-order valence-corrected chi connectivity index (χ3v) is 8.15. The van der Waals surface area contributed by atoms with Crippen molar-refractivity contribution in [3.8, 4) is 16.9 Å². The number of morpholine rings is 1. The van der Waals surface area contributed by atoms with Gasteiger partial charge in [-0.15, -0.1) is 0 Å². The van der Waals surface area contributed by atoms with E-state index in [1.54, 1.807) is 36.4 Å². The van der Waals surface area contributed by atoms with Crippen LogP contribution in [0.25, 0.3) is 33.1 Å². The number of hydrogen-bond acceptors (Lipinski definition) is 7. The molecule has 44 heavy (non-hydrogen) atoms. The van der Waals surface area contributed by atoms with Crippen LogP contribution in [0.4, 0.5) is 0 Å². The maximum Gasteiger partial charge on any atom is 0.228 e. The SMILES string of the molecule is Cc1c(C(=O)c2ccccc2)oc2ccc3oc(C(=O)c4ccc(OCCN5CCOCC5)cc4)c(-c4ccccc4)c3c12. The Labute approximate surface area is 254 Å². The Bertz CT molecular complexity index is 1950. The largest absolute Gasteiger partial charge is 0.492 e. The number of ether oxygens (including phenoxy) is 2. The third kappa shape index (κ3) is 5.21. The number of benzene rings is 4. The second kappa shape index (κ2) is 12.0. The summed E-state index contributed by atoms with van der Waals surface area (Å²) >= 11 is 0. The van der Waals surface area contributed by atoms with Crippen molar-refractivity contribution in [2.75, 3.05) is 39.5 Å². The van der Waals surface area contributed by atoms with Crippen LogP contribution in [-0.4, -0.2) is 55.9 Å². The number of fused-ring (bicyclic) bond motifs is 3. The molecule has 7 nitrogen and oxygen atoms in total. The van der Waals surface area contributed by atoms with E-state index in [0.717, 1.165) is 49.2 Å². The van der Waals surface area contributed by atoms with Crippen LogP contribution in [0.1, 0.15) is 37.8 Å². The monoisotopic (exact) mass is 585 g/mol. The lowest BCUT2D eigenvalue weighted by Gasteiger charge is -2.26. The summed E-state index contributed by atoms with van der Waals surface area (Å²) in [4.78, 5) is 29.8. The summed E-state index contributed by atoms with van der Waals surface area (Å²) < 4.78 is 23.8. The molecule has 0 aliphatic carbocycles. The van der Waals surface area contributed by atoms with E-state index < -0.39 is 0 Å². The van der Waals surface area contributed by atoms with Crippen LogP contribution in [0, 0.1) is 6.92 Å². The molecule has 0 amide bonds. The topological polar surface area (TPSA) is 82.1 Å². The summed E-state index contributed by atoms with van der Waals surface area (Å²) in [5.41, 5.74) is 4.35. The zero-order valence-corrected chi connectivity index (χ0v) is 24.4. The average Bonchev–Trinajstić information content (AvgIpc) is 3.63. The maximum absolute atomic E-state index is 14.0. The molecule has 0 bridgehead atoms. The highest BCUT2D eigenvalue weighted by Gasteiger charge is 2.28. The van der Waals surface area contributed by atoms with Crippen molar-refractivity contribution in [3.05, 3.63) is 125 Å². The molecule has 0 atom stereocenters. The first-order valence-electron chi connectivity index (χ1n) is 14.8. The van der Waals surface area contributed by atoms with Gasteiger partial charge >= 0.3 is 0 Å². The van der Waals surface area contributed by atoms with Gasteiger partial charge in [0.25, 0.3) is 0 Å². The van der Waals surface area contributed by atoms with Crippen molar-refractivity contribution in [1.29, 1.82) is 0 Å². The van der Waals surface area contributed by atoms with Crippen molar-refractivity contribution in [3.63, 3.8) is 0 Å². The van der Waals surface area contributed by atoms with Crippen LogP contribution in [-0.2, 0) is 4.74 Å². The summed E-state index contributed by atoms with van der Waals surface area (Å²) in [6, 6.07) is 29.5. The van der Waals surface area contributed by atoms with E-state index in [1.165, 1.54) is 0 Å². The van der Waals surface area contributed by atoms with E-state index in [9.17, 15) is 9.59 Å². The van der Waals surface area contributed by atoms with Gasteiger partial charge in [-0.3, -0.25) is 14.5 Å². The molecule has 0 spiro atoms. The molecule has 2 aromatic heterocycles. The maximum atomic E-state index is 14.0. The van der Waals surface area contributed by atoms with E-state index in [1.807, 2.05) is 67.6 Å². The van der Waals surface area contributed by atoms with Gasteiger partial charge in [0, 0.05) is 52.7 Å². The molecule has 4 aromatic carbocycles. The minimum absolute atomic E-state index is 0.194. The summed E-state index contributed by atoms with van der Waals surface area (Å²) in [5.74, 6) is 0.775. The molecule has 7 heteroatoms. The van der Waals surface area contributed by atoms with E-state index in [2.05, 4.69) is 4.90 Å². The molecule has 6 aromatic rings. The molecule has 1 saturated heterocycles. The fraction of sp³-hybridized carbons (Fsp3) is 0.189. The predicted octanol–water partition coefficient (Wildman–Crippen LogP) is 7.33. The first-order valence-corrected chi connectivity index (χ1v) is 14.8. The predicted molar refractivity (Wildman–Crippen MR) is 169 cm³/mol. The van der Waals surface area contributed by atoms with Gasteiger partial charge in [-0.1, -0.05) is 60.7 Å². The Morgan fingerprint density at radius 3 is 2.00 bits per heavy atom. The summed E-state index contributed by atoms with van der Waals surface area (Å²) in [6.45, 7) is 6.58. The fourth-order valence-corrected chi connectivity index (χ4v) is 5.86. The van der Waals surface area contributed by atoms with Crippen molar-refractivity contribution < 1.29 is 27.9 Å². The Morgan fingerprint density at radius 1 is 0.705 bits per heavy atom. The number of nitrogens with zero attached hydrogens (tertiary/aromatic N) is 1. The standard InChI is InChI=1S/C37H31NO6/c1-24-31-29(43-36(24)34(39)26-10-6-3-7-11-26)16-17-30-33(31)32(25-8-4-2-5-9-25)37(44-30)35(40)27-12-14-28(15-13-27)42-23-20-38-18-21-41-22-19-38/h2-17H,18-23H2,1H3.